The molecule has 0 saturated carbocycles. The predicted molar refractivity (Wildman–Crippen MR) is 104 cm³/mol. The standard InChI is InChI=1S/C19H24F3N3O2S/c1-4-13-6-5-7-25(13)11-16-17(24-18(23-2)28-16)12-8-14(26-3)10-15(9-12)27-19(20,21)22/h8-10,13H,4-7,11H2,1-3H3,(H,23,24). The molecule has 1 aromatic carbocycles. The van der Waals surface area contributed by atoms with Gasteiger partial charge in [-0.2, -0.15) is 0 Å². The molecule has 1 unspecified atom stereocenters. The summed E-state index contributed by atoms with van der Waals surface area (Å²) in [4.78, 5) is 8.02. The first-order chi connectivity index (χ1) is 13.3. The number of thiazole rings is 1. The van der Waals surface area contributed by atoms with E-state index in [1.54, 1.807) is 13.1 Å². The van der Waals surface area contributed by atoms with Gasteiger partial charge in [-0.3, -0.25) is 4.90 Å². The van der Waals surface area contributed by atoms with Crippen molar-refractivity contribution in [2.24, 2.45) is 0 Å². The average Bonchev–Trinajstić information content (AvgIpc) is 3.26. The smallest absolute Gasteiger partial charge is 0.497 e. The number of likely N-dealkylation sites (tertiary alicyclic amines) is 1. The van der Waals surface area contributed by atoms with Gasteiger partial charge in [0.1, 0.15) is 11.5 Å². The van der Waals surface area contributed by atoms with Gasteiger partial charge >= 0.3 is 6.36 Å². The van der Waals surface area contributed by atoms with Crippen LogP contribution in [-0.4, -0.2) is 43.0 Å². The second-order valence-corrected chi connectivity index (χ2v) is 7.74. The number of methoxy groups -OCH3 is 1. The maximum Gasteiger partial charge on any atom is 0.573 e. The topological polar surface area (TPSA) is 46.6 Å². The minimum Gasteiger partial charge on any atom is -0.497 e. The number of rotatable bonds is 7. The molecule has 154 valence electrons. The van der Waals surface area contributed by atoms with Crippen molar-refractivity contribution in [3.05, 3.63) is 23.1 Å². The summed E-state index contributed by atoms with van der Waals surface area (Å²) in [6, 6.07) is 4.79. The molecule has 1 aliphatic heterocycles. The number of nitrogens with one attached hydrogen (secondary N) is 1. The molecule has 2 aromatic rings. The van der Waals surface area contributed by atoms with Gasteiger partial charge in [0.2, 0.25) is 0 Å². The Bertz CT molecular complexity index is 810. The Kier molecular flexibility index (Phi) is 6.34. The molecule has 1 N–H and O–H groups in total. The van der Waals surface area contributed by atoms with E-state index in [1.807, 2.05) is 0 Å². The zero-order chi connectivity index (χ0) is 20.3. The summed E-state index contributed by atoms with van der Waals surface area (Å²) >= 11 is 1.52. The van der Waals surface area contributed by atoms with E-state index in [9.17, 15) is 13.2 Å². The fourth-order valence-corrected chi connectivity index (χ4v) is 4.52. The molecule has 0 amide bonds. The number of halogens is 3. The van der Waals surface area contributed by atoms with Crippen molar-refractivity contribution < 1.29 is 22.6 Å². The van der Waals surface area contributed by atoms with E-state index >= 15 is 0 Å². The molecule has 1 fully saturated rings. The van der Waals surface area contributed by atoms with Crippen LogP contribution in [0.1, 0.15) is 31.1 Å². The first-order valence-corrected chi connectivity index (χ1v) is 10.0. The molecule has 1 aromatic heterocycles. The molecule has 1 atom stereocenters. The maximum atomic E-state index is 12.7. The summed E-state index contributed by atoms with van der Waals surface area (Å²) in [6.45, 7) is 3.92. The van der Waals surface area contributed by atoms with Crippen molar-refractivity contribution in [3.8, 4) is 22.8 Å². The molecular weight excluding hydrogens is 391 g/mol. The molecule has 5 nitrogen and oxygen atoms in total. The first kappa shape index (κ1) is 20.7. The van der Waals surface area contributed by atoms with Gasteiger partial charge in [0.05, 0.1) is 12.8 Å². The summed E-state index contributed by atoms with van der Waals surface area (Å²) in [6.07, 6.45) is -1.36. The van der Waals surface area contributed by atoms with Crippen LogP contribution < -0.4 is 14.8 Å². The number of alkyl halides is 3. The van der Waals surface area contributed by atoms with Crippen molar-refractivity contribution in [1.82, 2.24) is 9.88 Å². The summed E-state index contributed by atoms with van der Waals surface area (Å²) in [5.41, 5.74) is 1.20. The van der Waals surface area contributed by atoms with E-state index in [0.29, 0.717) is 17.3 Å². The number of ether oxygens (including phenoxy) is 2. The van der Waals surface area contributed by atoms with Gasteiger partial charge in [0, 0.05) is 36.1 Å². The van der Waals surface area contributed by atoms with Gasteiger partial charge in [0.15, 0.2) is 5.13 Å². The summed E-state index contributed by atoms with van der Waals surface area (Å²) < 4.78 is 47.4. The molecule has 0 spiro atoms. The number of anilines is 1. The lowest BCUT2D eigenvalue weighted by Crippen LogP contribution is -2.28. The van der Waals surface area contributed by atoms with Crippen LogP contribution in [-0.2, 0) is 6.54 Å². The lowest BCUT2D eigenvalue weighted by Gasteiger charge is -2.23. The number of hydrogen-bond acceptors (Lipinski definition) is 6. The Morgan fingerprint density at radius 3 is 2.68 bits per heavy atom. The number of aromatic nitrogens is 1. The molecule has 9 heteroatoms. The Labute approximate surface area is 166 Å². The normalized spacial score (nSPS) is 17.7. The minimum atomic E-state index is -4.77. The van der Waals surface area contributed by atoms with E-state index in [-0.39, 0.29) is 11.5 Å². The maximum absolute atomic E-state index is 12.7. The third kappa shape index (κ3) is 4.88. The molecule has 0 bridgehead atoms. The molecule has 28 heavy (non-hydrogen) atoms. The molecule has 3 rings (SSSR count). The van der Waals surface area contributed by atoms with Crippen molar-refractivity contribution in [3.63, 3.8) is 0 Å². The van der Waals surface area contributed by atoms with Crippen molar-refractivity contribution in [1.29, 1.82) is 0 Å². The van der Waals surface area contributed by atoms with Gasteiger partial charge in [-0.25, -0.2) is 4.98 Å². The largest absolute Gasteiger partial charge is 0.573 e. The highest BCUT2D eigenvalue weighted by molar-refractivity contribution is 7.16. The van der Waals surface area contributed by atoms with Crippen LogP contribution in [0.15, 0.2) is 18.2 Å². The highest BCUT2D eigenvalue weighted by atomic mass is 32.1. The van der Waals surface area contributed by atoms with E-state index in [1.165, 1.54) is 37.0 Å². The molecular formula is C19H24F3N3O2S. The third-order valence-corrected chi connectivity index (χ3v) is 5.91. The van der Waals surface area contributed by atoms with Crippen molar-refractivity contribution in [2.45, 2.75) is 45.1 Å². The molecule has 1 aliphatic rings. The summed E-state index contributed by atoms with van der Waals surface area (Å²) in [5.74, 6) is -0.0336. The van der Waals surface area contributed by atoms with Gasteiger partial charge in [-0.15, -0.1) is 24.5 Å². The number of nitrogens with zero attached hydrogens (tertiary/aromatic N) is 2. The first-order valence-electron chi connectivity index (χ1n) is 9.19. The number of hydrogen-bond donors (Lipinski definition) is 1. The van der Waals surface area contributed by atoms with Gasteiger partial charge in [-0.05, 0) is 37.9 Å². The fraction of sp³-hybridized carbons (Fsp3) is 0.526. The van der Waals surface area contributed by atoms with E-state index < -0.39 is 6.36 Å². The Balaban J connectivity index is 1.98. The highest BCUT2D eigenvalue weighted by Crippen LogP contribution is 2.38. The Hall–Kier alpha value is -2.00. The lowest BCUT2D eigenvalue weighted by molar-refractivity contribution is -0.274. The zero-order valence-electron chi connectivity index (χ0n) is 16.1. The van der Waals surface area contributed by atoms with Crippen LogP contribution in [0.4, 0.5) is 18.3 Å². The summed E-state index contributed by atoms with van der Waals surface area (Å²) in [5, 5.41) is 3.76. The molecule has 2 heterocycles. The quantitative estimate of drug-likeness (QED) is 0.679. The van der Waals surface area contributed by atoms with E-state index in [0.717, 1.165) is 35.9 Å². The van der Waals surface area contributed by atoms with Gasteiger partial charge in [-0.1, -0.05) is 6.92 Å². The van der Waals surface area contributed by atoms with E-state index in [2.05, 4.69) is 26.9 Å². The van der Waals surface area contributed by atoms with Crippen LogP contribution >= 0.6 is 11.3 Å². The SMILES string of the molecule is CCC1CCCN1Cc1sc(NC)nc1-c1cc(OC)cc(OC(F)(F)F)c1. The fourth-order valence-electron chi connectivity index (χ4n) is 3.56. The van der Waals surface area contributed by atoms with Crippen LogP contribution in [0, 0.1) is 0 Å². The van der Waals surface area contributed by atoms with Gasteiger partial charge in [0.25, 0.3) is 0 Å². The minimum absolute atomic E-state index is 0.286. The van der Waals surface area contributed by atoms with Crippen LogP contribution in [0.5, 0.6) is 11.5 Å². The van der Waals surface area contributed by atoms with Crippen molar-refractivity contribution >= 4 is 16.5 Å². The molecule has 0 radical (unpaired) electrons. The van der Waals surface area contributed by atoms with Gasteiger partial charge < -0.3 is 14.8 Å². The second kappa shape index (κ2) is 8.57. The average molecular weight is 415 g/mol. The lowest BCUT2D eigenvalue weighted by atomic mass is 10.1. The van der Waals surface area contributed by atoms with E-state index in [4.69, 9.17) is 4.74 Å². The Morgan fingerprint density at radius 1 is 1.29 bits per heavy atom. The van der Waals surface area contributed by atoms with Crippen LogP contribution in [0.25, 0.3) is 11.3 Å². The third-order valence-electron chi connectivity index (χ3n) is 4.85. The summed E-state index contributed by atoms with van der Waals surface area (Å²) in [7, 11) is 3.19. The molecule has 1 saturated heterocycles. The zero-order valence-corrected chi connectivity index (χ0v) is 16.9. The molecule has 0 aliphatic carbocycles. The second-order valence-electron chi connectivity index (χ2n) is 6.66. The number of benzene rings is 1. The predicted octanol–water partition coefficient (Wildman–Crippen LogP) is 5.13. The highest BCUT2D eigenvalue weighted by Gasteiger charge is 2.32. The Morgan fingerprint density at radius 2 is 2.04 bits per heavy atom. The van der Waals surface area contributed by atoms with Crippen LogP contribution in [0.2, 0.25) is 0 Å². The van der Waals surface area contributed by atoms with Crippen LogP contribution in [0.3, 0.4) is 0 Å². The monoisotopic (exact) mass is 415 g/mol. The van der Waals surface area contributed by atoms with Crippen molar-refractivity contribution in [2.75, 3.05) is 26.0 Å².